The van der Waals surface area contributed by atoms with Crippen LogP contribution < -0.4 is 10.6 Å². The minimum Gasteiger partial charge on any atom is -0.462 e. The first-order valence-electron chi connectivity index (χ1n) is 9.27. The minimum absolute atomic E-state index is 0.161. The summed E-state index contributed by atoms with van der Waals surface area (Å²) in [5, 5.41) is 10.1. The number of thiocarbonyl (C=S) groups is 1. The van der Waals surface area contributed by atoms with Gasteiger partial charge < -0.3 is 10.1 Å². The molecule has 9 heteroatoms. The summed E-state index contributed by atoms with van der Waals surface area (Å²) >= 11 is 5.19. The standard InChI is InChI=1S/C21H21N5O3S/c1-4-29-20(28)18-13(2)25-26(14(18)3)17-11-10-16(12-22-17)23-21(30)24-19(27)15-8-6-5-7-9-15/h5-12H,4H2,1-3H3,(H2,23,24,27,30). The van der Waals surface area contributed by atoms with E-state index in [1.807, 2.05) is 6.07 Å². The molecule has 8 nitrogen and oxygen atoms in total. The van der Waals surface area contributed by atoms with E-state index in [-0.39, 0.29) is 11.0 Å². The number of anilines is 1. The van der Waals surface area contributed by atoms with Crippen LogP contribution in [0.5, 0.6) is 0 Å². The maximum atomic E-state index is 12.2. The molecule has 0 saturated carbocycles. The van der Waals surface area contributed by atoms with Crippen LogP contribution in [0.1, 0.15) is 39.0 Å². The molecule has 2 N–H and O–H groups in total. The highest BCUT2D eigenvalue weighted by molar-refractivity contribution is 7.80. The van der Waals surface area contributed by atoms with Gasteiger partial charge in [0.05, 0.1) is 29.9 Å². The van der Waals surface area contributed by atoms with E-state index in [1.165, 1.54) is 0 Å². The zero-order chi connectivity index (χ0) is 21.7. The van der Waals surface area contributed by atoms with Gasteiger partial charge in [0, 0.05) is 5.56 Å². The topological polar surface area (TPSA) is 98.1 Å². The van der Waals surface area contributed by atoms with Gasteiger partial charge in [-0.3, -0.25) is 10.1 Å². The third-order valence-corrected chi connectivity index (χ3v) is 4.46. The number of benzene rings is 1. The van der Waals surface area contributed by atoms with Crippen molar-refractivity contribution in [3.8, 4) is 5.82 Å². The fourth-order valence-corrected chi connectivity index (χ4v) is 3.09. The second-order valence-electron chi connectivity index (χ2n) is 6.36. The van der Waals surface area contributed by atoms with Gasteiger partial charge in [-0.05, 0) is 57.3 Å². The molecule has 0 atom stereocenters. The van der Waals surface area contributed by atoms with Crippen LogP contribution in [0.15, 0.2) is 48.7 Å². The monoisotopic (exact) mass is 423 g/mol. The zero-order valence-corrected chi connectivity index (χ0v) is 17.6. The summed E-state index contributed by atoms with van der Waals surface area (Å²) in [6.45, 7) is 5.59. The second kappa shape index (κ2) is 9.27. The van der Waals surface area contributed by atoms with Crippen LogP contribution in [0.25, 0.3) is 5.82 Å². The van der Waals surface area contributed by atoms with E-state index in [1.54, 1.807) is 68.0 Å². The van der Waals surface area contributed by atoms with Crippen LogP contribution in [-0.4, -0.2) is 38.4 Å². The first-order valence-corrected chi connectivity index (χ1v) is 9.68. The molecule has 0 radical (unpaired) electrons. The first-order chi connectivity index (χ1) is 14.4. The molecule has 3 rings (SSSR count). The molecule has 0 saturated heterocycles. The number of hydrogen-bond acceptors (Lipinski definition) is 6. The molecule has 0 fully saturated rings. The number of rotatable bonds is 5. The molecule has 1 aromatic carbocycles. The van der Waals surface area contributed by atoms with Gasteiger partial charge >= 0.3 is 5.97 Å². The van der Waals surface area contributed by atoms with E-state index in [0.29, 0.717) is 40.6 Å². The Bertz CT molecular complexity index is 1080. The first kappa shape index (κ1) is 21.1. The molecule has 1 amide bonds. The summed E-state index contributed by atoms with van der Waals surface area (Å²) in [7, 11) is 0. The lowest BCUT2D eigenvalue weighted by atomic mass is 10.2. The van der Waals surface area contributed by atoms with E-state index in [2.05, 4.69) is 20.7 Å². The molecule has 0 aliphatic rings. The van der Waals surface area contributed by atoms with E-state index in [9.17, 15) is 9.59 Å². The number of pyridine rings is 1. The van der Waals surface area contributed by atoms with Gasteiger partial charge in [-0.25, -0.2) is 14.5 Å². The fourth-order valence-electron chi connectivity index (χ4n) is 2.88. The van der Waals surface area contributed by atoms with Crippen LogP contribution in [0.4, 0.5) is 5.69 Å². The Labute approximate surface area is 179 Å². The highest BCUT2D eigenvalue weighted by Crippen LogP contribution is 2.18. The zero-order valence-electron chi connectivity index (χ0n) is 16.8. The summed E-state index contributed by atoms with van der Waals surface area (Å²) < 4.78 is 6.68. The Kier molecular flexibility index (Phi) is 6.53. The number of hydrogen-bond donors (Lipinski definition) is 2. The van der Waals surface area contributed by atoms with Gasteiger partial charge in [0.25, 0.3) is 5.91 Å². The SMILES string of the molecule is CCOC(=O)c1c(C)nn(-c2ccc(NC(=S)NC(=O)c3ccccc3)cn2)c1C. The molecular weight excluding hydrogens is 402 g/mol. The minimum atomic E-state index is -0.406. The molecule has 0 unspecified atom stereocenters. The van der Waals surface area contributed by atoms with Crippen molar-refractivity contribution in [2.24, 2.45) is 0 Å². The number of nitrogens with one attached hydrogen (secondary N) is 2. The molecule has 154 valence electrons. The van der Waals surface area contributed by atoms with Crippen molar-refractivity contribution in [3.05, 3.63) is 71.2 Å². The Hall–Kier alpha value is -3.59. The fraction of sp³-hybridized carbons (Fsp3) is 0.190. The number of amides is 1. The Morgan fingerprint density at radius 1 is 1.13 bits per heavy atom. The Morgan fingerprint density at radius 3 is 2.50 bits per heavy atom. The van der Waals surface area contributed by atoms with Crippen molar-refractivity contribution in [3.63, 3.8) is 0 Å². The highest BCUT2D eigenvalue weighted by Gasteiger charge is 2.20. The van der Waals surface area contributed by atoms with Crippen LogP contribution in [-0.2, 0) is 4.74 Å². The molecular formula is C21H21N5O3S. The molecule has 2 heterocycles. The maximum absolute atomic E-state index is 12.2. The van der Waals surface area contributed by atoms with Gasteiger partial charge in [-0.2, -0.15) is 5.10 Å². The normalized spacial score (nSPS) is 10.4. The molecule has 0 aliphatic heterocycles. The van der Waals surface area contributed by atoms with Gasteiger partial charge in [0.15, 0.2) is 10.9 Å². The van der Waals surface area contributed by atoms with Gasteiger partial charge in [-0.15, -0.1) is 0 Å². The van der Waals surface area contributed by atoms with Crippen LogP contribution >= 0.6 is 12.2 Å². The number of carbonyl (C=O) groups is 2. The van der Waals surface area contributed by atoms with Crippen LogP contribution in [0.3, 0.4) is 0 Å². The van der Waals surface area contributed by atoms with E-state index in [4.69, 9.17) is 17.0 Å². The van der Waals surface area contributed by atoms with Gasteiger partial charge in [0.2, 0.25) is 0 Å². The smallest absolute Gasteiger partial charge is 0.341 e. The number of ether oxygens (including phenoxy) is 1. The lowest BCUT2D eigenvalue weighted by molar-refractivity contribution is 0.0524. The number of nitrogens with zero attached hydrogens (tertiary/aromatic N) is 3. The Balaban J connectivity index is 1.70. The van der Waals surface area contributed by atoms with Gasteiger partial charge in [-0.1, -0.05) is 18.2 Å². The number of aromatic nitrogens is 3. The molecule has 0 bridgehead atoms. The highest BCUT2D eigenvalue weighted by atomic mass is 32.1. The molecule has 30 heavy (non-hydrogen) atoms. The van der Waals surface area contributed by atoms with E-state index < -0.39 is 5.97 Å². The lowest BCUT2D eigenvalue weighted by Gasteiger charge is -2.10. The van der Waals surface area contributed by atoms with Crippen LogP contribution in [0, 0.1) is 13.8 Å². The summed E-state index contributed by atoms with van der Waals surface area (Å²) in [6.07, 6.45) is 1.57. The quantitative estimate of drug-likeness (QED) is 0.480. The van der Waals surface area contributed by atoms with Crippen molar-refractivity contribution in [2.45, 2.75) is 20.8 Å². The van der Waals surface area contributed by atoms with Gasteiger partial charge in [0.1, 0.15) is 5.56 Å². The van der Waals surface area contributed by atoms with Crippen molar-refractivity contribution < 1.29 is 14.3 Å². The molecule has 3 aromatic rings. The average molecular weight is 423 g/mol. The van der Waals surface area contributed by atoms with Crippen molar-refractivity contribution in [2.75, 3.05) is 11.9 Å². The summed E-state index contributed by atoms with van der Waals surface area (Å²) in [5.74, 6) is -0.167. The number of aryl methyl sites for hydroxylation is 1. The van der Waals surface area contributed by atoms with Crippen molar-refractivity contribution in [1.29, 1.82) is 0 Å². The maximum Gasteiger partial charge on any atom is 0.341 e. The number of esters is 1. The third-order valence-electron chi connectivity index (χ3n) is 4.26. The number of carbonyl (C=O) groups excluding carboxylic acids is 2. The molecule has 2 aromatic heterocycles. The summed E-state index contributed by atoms with van der Waals surface area (Å²) in [6, 6.07) is 12.3. The van der Waals surface area contributed by atoms with E-state index in [0.717, 1.165) is 0 Å². The third kappa shape index (κ3) is 4.69. The molecule has 0 aliphatic carbocycles. The summed E-state index contributed by atoms with van der Waals surface area (Å²) in [5.41, 5.74) is 2.76. The predicted molar refractivity (Wildman–Crippen MR) is 117 cm³/mol. The Morgan fingerprint density at radius 2 is 1.87 bits per heavy atom. The van der Waals surface area contributed by atoms with Crippen molar-refractivity contribution >= 4 is 34.9 Å². The molecule has 0 spiro atoms. The summed E-state index contributed by atoms with van der Waals surface area (Å²) in [4.78, 5) is 28.7. The average Bonchev–Trinajstić information content (AvgIpc) is 3.03. The predicted octanol–water partition coefficient (Wildman–Crippen LogP) is 3.19. The lowest BCUT2D eigenvalue weighted by Crippen LogP contribution is -2.34. The van der Waals surface area contributed by atoms with Crippen molar-refractivity contribution in [1.82, 2.24) is 20.1 Å². The van der Waals surface area contributed by atoms with E-state index >= 15 is 0 Å². The second-order valence-corrected chi connectivity index (χ2v) is 6.77. The van der Waals surface area contributed by atoms with Crippen LogP contribution in [0.2, 0.25) is 0 Å². The largest absolute Gasteiger partial charge is 0.462 e.